The number of methoxy groups -OCH3 is 1. The zero-order valence-corrected chi connectivity index (χ0v) is 13.1. The van der Waals surface area contributed by atoms with Crippen LogP contribution >= 0.6 is 0 Å². The summed E-state index contributed by atoms with van der Waals surface area (Å²) in [7, 11) is 1.66. The number of ether oxygens (including phenoxy) is 1. The molecule has 0 atom stereocenters. The molecular formula is C17H16N4O3. The summed E-state index contributed by atoms with van der Waals surface area (Å²) in [5.41, 5.74) is 2.62. The first kappa shape index (κ1) is 14.5. The summed E-state index contributed by atoms with van der Waals surface area (Å²) < 4.78 is 7.18. The summed E-state index contributed by atoms with van der Waals surface area (Å²) in [4.78, 5) is 14.5. The molecule has 0 bridgehead atoms. The third-order valence-corrected chi connectivity index (χ3v) is 3.75. The Labute approximate surface area is 138 Å². The van der Waals surface area contributed by atoms with E-state index >= 15 is 0 Å². The number of hydrogen-bond acceptors (Lipinski definition) is 6. The Morgan fingerprint density at radius 3 is 3.00 bits per heavy atom. The highest BCUT2D eigenvalue weighted by Crippen LogP contribution is 2.32. The standard InChI is InChI=1S/C17H16N4O3/c1-22-15-5-3-2-4-13(15)14-11-19-21-8-6-16(20-17(14)21)18-10-12-7-9-23-24-12/h2-8,11H,9-10H2,1H3,(H,18,20). The van der Waals surface area contributed by atoms with Gasteiger partial charge in [0, 0.05) is 11.8 Å². The molecule has 3 aromatic rings. The topological polar surface area (TPSA) is 69.9 Å². The maximum absolute atomic E-state index is 5.44. The van der Waals surface area contributed by atoms with Crippen LogP contribution in [0.1, 0.15) is 0 Å². The van der Waals surface area contributed by atoms with E-state index in [1.54, 1.807) is 17.8 Å². The fourth-order valence-electron chi connectivity index (χ4n) is 2.57. The van der Waals surface area contributed by atoms with Crippen molar-refractivity contribution in [2.24, 2.45) is 0 Å². The van der Waals surface area contributed by atoms with Crippen LogP contribution in [0, 0.1) is 0 Å². The fourth-order valence-corrected chi connectivity index (χ4v) is 2.57. The van der Waals surface area contributed by atoms with Crippen LogP contribution in [-0.4, -0.2) is 34.9 Å². The highest BCUT2D eigenvalue weighted by atomic mass is 17.2. The first-order valence-corrected chi connectivity index (χ1v) is 7.55. The van der Waals surface area contributed by atoms with E-state index in [1.165, 1.54) is 0 Å². The molecule has 1 aliphatic heterocycles. The molecule has 0 amide bonds. The van der Waals surface area contributed by atoms with Gasteiger partial charge in [0.2, 0.25) is 0 Å². The van der Waals surface area contributed by atoms with Crippen LogP contribution in [0.2, 0.25) is 0 Å². The number of benzene rings is 1. The molecule has 1 aliphatic rings. The molecule has 1 N–H and O–H groups in total. The van der Waals surface area contributed by atoms with Gasteiger partial charge in [-0.1, -0.05) is 18.2 Å². The van der Waals surface area contributed by atoms with Gasteiger partial charge in [0.05, 0.1) is 25.4 Å². The maximum Gasteiger partial charge on any atom is 0.165 e. The highest BCUT2D eigenvalue weighted by molar-refractivity contribution is 5.81. The van der Waals surface area contributed by atoms with Crippen LogP contribution in [0.4, 0.5) is 5.82 Å². The van der Waals surface area contributed by atoms with Gasteiger partial charge in [-0.25, -0.2) is 9.50 Å². The molecule has 0 spiro atoms. The van der Waals surface area contributed by atoms with Crippen LogP contribution < -0.4 is 10.1 Å². The molecule has 0 unspecified atom stereocenters. The summed E-state index contributed by atoms with van der Waals surface area (Å²) in [6, 6.07) is 9.68. The molecule has 24 heavy (non-hydrogen) atoms. The predicted octanol–water partition coefficient (Wildman–Crippen LogP) is 2.66. The van der Waals surface area contributed by atoms with Crippen molar-refractivity contribution in [3.8, 4) is 16.9 Å². The SMILES string of the molecule is COc1ccccc1-c1cnn2ccc(NCC3=CCOO3)nc12. The van der Waals surface area contributed by atoms with Gasteiger partial charge in [0.1, 0.15) is 18.2 Å². The molecular weight excluding hydrogens is 308 g/mol. The zero-order valence-electron chi connectivity index (χ0n) is 13.1. The number of nitrogens with one attached hydrogen (secondary N) is 1. The van der Waals surface area contributed by atoms with Crippen molar-refractivity contribution >= 4 is 11.5 Å². The van der Waals surface area contributed by atoms with Gasteiger partial charge in [0.25, 0.3) is 0 Å². The molecule has 0 radical (unpaired) electrons. The van der Waals surface area contributed by atoms with E-state index in [2.05, 4.69) is 15.4 Å². The summed E-state index contributed by atoms with van der Waals surface area (Å²) in [6.45, 7) is 0.991. The Bertz CT molecular complexity index is 904. The van der Waals surface area contributed by atoms with Gasteiger partial charge < -0.3 is 14.9 Å². The highest BCUT2D eigenvalue weighted by Gasteiger charge is 2.13. The number of para-hydroxylation sites is 1. The number of anilines is 1. The molecule has 3 heterocycles. The third kappa shape index (κ3) is 2.65. The van der Waals surface area contributed by atoms with Gasteiger partial charge in [-0.2, -0.15) is 9.99 Å². The summed E-state index contributed by atoms with van der Waals surface area (Å²) >= 11 is 0. The first-order chi connectivity index (χ1) is 11.8. The minimum atomic E-state index is 0.476. The van der Waals surface area contributed by atoms with Crippen molar-refractivity contribution in [2.45, 2.75) is 0 Å². The molecule has 0 saturated heterocycles. The van der Waals surface area contributed by atoms with E-state index < -0.39 is 0 Å². The van der Waals surface area contributed by atoms with Crippen molar-refractivity contribution in [1.82, 2.24) is 14.6 Å². The molecule has 7 nitrogen and oxygen atoms in total. The number of fused-ring (bicyclic) bond motifs is 1. The van der Waals surface area contributed by atoms with E-state index in [-0.39, 0.29) is 0 Å². The summed E-state index contributed by atoms with van der Waals surface area (Å²) in [5.74, 6) is 2.26. The smallest absolute Gasteiger partial charge is 0.165 e. The van der Waals surface area contributed by atoms with Crippen LogP contribution in [0.5, 0.6) is 5.75 Å². The van der Waals surface area contributed by atoms with Crippen molar-refractivity contribution in [3.63, 3.8) is 0 Å². The van der Waals surface area contributed by atoms with Crippen molar-refractivity contribution in [1.29, 1.82) is 0 Å². The zero-order chi connectivity index (χ0) is 16.4. The molecule has 0 fully saturated rings. The van der Waals surface area contributed by atoms with Gasteiger partial charge >= 0.3 is 0 Å². The first-order valence-electron chi connectivity index (χ1n) is 7.55. The van der Waals surface area contributed by atoms with Crippen molar-refractivity contribution < 1.29 is 14.5 Å². The van der Waals surface area contributed by atoms with E-state index in [1.807, 2.05) is 42.6 Å². The van der Waals surface area contributed by atoms with Crippen LogP contribution in [-0.2, 0) is 9.78 Å². The quantitative estimate of drug-likeness (QED) is 0.728. The van der Waals surface area contributed by atoms with Gasteiger partial charge in [-0.15, -0.1) is 0 Å². The minimum Gasteiger partial charge on any atom is -0.496 e. The number of hydrogen-bond donors (Lipinski definition) is 1. The predicted molar refractivity (Wildman–Crippen MR) is 88.6 cm³/mol. The molecule has 0 saturated carbocycles. The van der Waals surface area contributed by atoms with Crippen molar-refractivity contribution in [2.75, 3.05) is 25.6 Å². The average Bonchev–Trinajstić information content (AvgIpc) is 3.29. The molecule has 4 rings (SSSR count). The monoisotopic (exact) mass is 324 g/mol. The van der Waals surface area contributed by atoms with Crippen LogP contribution in [0.15, 0.2) is 54.6 Å². The lowest BCUT2D eigenvalue weighted by atomic mass is 10.1. The Morgan fingerprint density at radius 2 is 2.17 bits per heavy atom. The molecule has 2 aromatic heterocycles. The van der Waals surface area contributed by atoms with Crippen molar-refractivity contribution in [3.05, 3.63) is 54.6 Å². The van der Waals surface area contributed by atoms with E-state index in [4.69, 9.17) is 14.5 Å². The van der Waals surface area contributed by atoms with Crippen LogP contribution in [0.25, 0.3) is 16.8 Å². The maximum atomic E-state index is 5.44. The van der Waals surface area contributed by atoms with Gasteiger partial charge in [-0.3, -0.25) is 0 Å². The molecule has 0 aliphatic carbocycles. The lowest BCUT2D eigenvalue weighted by molar-refractivity contribution is -0.233. The average molecular weight is 324 g/mol. The molecule has 122 valence electrons. The molecule has 1 aromatic carbocycles. The molecule has 7 heteroatoms. The summed E-state index contributed by atoms with van der Waals surface area (Å²) in [6.07, 6.45) is 5.54. The Hall–Kier alpha value is -3.06. The lowest BCUT2D eigenvalue weighted by Gasteiger charge is -2.08. The Kier molecular flexibility index (Phi) is 3.76. The van der Waals surface area contributed by atoms with E-state index in [0.29, 0.717) is 13.2 Å². The Balaban J connectivity index is 1.68. The largest absolute Gasteiger partial charge is 0.496 e. The second kappa shape index (κ2) is 6.21. The second-order valence-electron chi connectivity index (χ2n) is 5.23. The fraction of sp³-hybridized carbons (Fsp3) is 0.176. The number of aromatic nitrogens is 3. The Morgan fingerprint density at radius 1 is 1.25 bits per heavy atom. The van der Waals surface area contributed by atoms with E-state index in [9.17, 15) is 0 Å². The summed E-state index contributed by atoms with van der Waals surface area (Å²) in [5, 5.41) is 7.58. The normalized spacial score (nSPS) is 13.6. The van der Waals surface area contributed by atoms with Crippen LogP contribution in [0.3, 0.4) is 0 Å². The second-order valence-corrected chi connectivity index (χ2v) is 5.23. The van der Waals surface area contributed by atoms with Gasteiger partial charge in [-0.05, 0) is 18.2 Å². The number of nitrogens with zero attached hydrogens (tertiary/aromatic N) is 3. The minimum absolute atomic E-state index is 0.476. The lowest BCUT2D eigenvalue weighted by Crippen LogP contribution is -2.07. The number of rotatable bonds is 5. The van der Waals surface area contributed by atoms with E-state index in [0.717, 1.165) is 34.1 Å². The van der Waals surface area contributed by atoms with Gasteiger partial charge in [0.15, 0.2) is 11.4 Å². The third-order valence-electron chi connectivity index (χ3n) is 3.75.